The molecule has 2 heteroatoms. The average Bonchev–Trinajstić information content (AvgIpc) is 2.53. The van der Waals surface area contributed by atoms with E-state index in [1.807, 2.05) is 6.92 Å². The van der Waals surface area contributed by atoms with Gasteiger partial charge in [-0.15, -0.1) is 0 Å². The lowest BCUT2D eigenvalue weighted by atomic mass is 10.1. The Labute approximate surface area is 102 Å². The fourth-order valence-corrected chi connectivity index (χ4v) is 2.82. The zero-order valence-corrected chi connectivity index (χ0v) is 10.4. The summed E-state index contributed by atoms with van der Waals surface area (Å²) < 4.78 is 5.59. The van der Waals surface area contributed by atoms with Crippen LogP contribution in [-0.4, -0.2) is 11.6 Å². The first-order chi connectivity index (χ1) is 8.38. The third kappa shape index (κ3) is 1.92. The van der Waals surface area contributed by atoms with Crippen LogP contribution in [0.25, 0.3) is 10.9 Å². The second-order valence-electron chi connectivity index (χ2n) is 4.78. The maximum Gasteiger partial charge on any atom is 0.120 e. The van der Waals surface area contributed by atoms with Crippen molar-refractivity contribution in [1.82, 2.24) is 4.98 Å². The van der Waals surface area contributed by atoms with Crippen molar-refractivity contribution in [2.75, 3.05) is 6.61 Å². The molecule has 17 heavy (non-hydrogen) atoms. The van der Waals surface area contributed by atoms with Crippen LogP contribution in [0.15, 0.2) is 18.2 Å². The quantitative estimate of drug-likeness (QED) is 0.778. The first-order valence-electron chi connectivity index (χ1n) is 6.65. The van der Waals surface area contributed by atoms with Crippen LogP contribution in [0.1, 0.15) is 37.4 Å². The highest BCUT2D eigenvalue weighted by Gasteiger charge is 2.14. The molecule has 0 bridgehead atoms. The zero-order chi connectivity index (χ0) is 11.7. The van der Waals surface area contributed by atoms with E-state index in [2.05, 4.69) is 23.2 Å². The van der Waals surface area contributed by atoms with Crippen molar-refractivity contribution >= 4 is 10.9 Å². The Hall–Kier alpha value is -1.44. The fraction of sp³-hybridized carbons (Fsp3) is 0.467. The lowest BCUT2D eigenvalue weighted by Gasteiger charge is -2.03. The molecular weight excluding hydrogens is 210 g/mol. The summed E-state index contributed by atoms with van der Waals surface area (Å²) in [5, 5.41) is 1.37. The highest BCUT2D eigenvalue weighted by atomic mass is 16.5. The van der Waals surface area contributed by atoms with Crippen molar-refractivity contribution in [1.29, 1.82) is 0 Å². The molecule has 1 N–H and O–H groups in total. The summed E-state index contributed by atoms with van der Waals surface area (Å²) in [5.41, 5.74) is 4.24. The Bertz CT molecular complexity index is 527. The molecule has 0 unspecified atom stereocenters. The smallest absolute Gasteiger partial charge is 0.120 e. The van der Waals surface area contributed by atoms with Crippen LogP contribution >= 0.6 is 0 Å². The minimum atomic E-state index is 0.734. The van der Waals surface area contributed by atoms with E-state index in [-0.39, 0.29) is 0 Å². The number of hydrogen-bond acceptors (Lipinski definition) is 1. The summed E-state index contributed by atoms with van der Waals surface area (Å²) >= 11 is 0. The molecule has 1 aliphatic carbocycles. The Morgan fingerprint density at radius 1 is 1.18 bits per heavy atom. The lowest BCUT2D eigenvalue weighted by Crippen LogP contribution is -1.91. The van der Waals surface area contributed by atoms with Gasteiger partial charge in [-0.1, -0.05) is 6.42 Å². The fourth-order valence-electron chi connectivity index (χ4n) is 2.82. The molecule has 2 nitrogen and oxygen atoms in total. The van der Waals surface area contributed by atoms with Gasteiger partial charge in [0.25, 0.3) is 0 Å². The maximum atomic E-state index is 5.59. The normalized spacial score (nSPS) is 15.6. The highest BCUT2D eigenvalue weighted by molar-refractivity contribution is 5.86. The van der Waals surface area contributed by atoms with E-state index in [4.69, 9.17) is 4.74 Å². The van der Waals surface area contributed by atoms with Gasteiger partial charge < -0.3 is 9.72 Å². The number of rotatable bonds is 2. The van der Waals surface area contributed by atoms with Gasteiger partial charge in [-0.05, 0) is 56.4 Å². The lowest BCUT2D eigenvalue weighted by molar-refractivity contribution is 0.340. The molecule has 1 aromatic heterocycles. The van der Waals surface area contributed by atoms with Gasteiger partial charge in [0.1, 0.15) is 5.75 Å². The molecule has 0 aliphatic heterocycles. The first kappa shape index (κ1) is 10.7. The standard InChI is InChI=1S/C15H19NO/c1-2-17-11-8-9-15-13(10-11)12-6-4-3-5-7-14(12)16-15/h8-10,16H,2-7H2,1H3. The van der Waals surface area contributed by atoms with Crippen molar-refractivity contribution in [2.24, 2.45) is 0 Å². The van der Waals surface area contributed by atoms with Gasteiger partial charge in [0.15, 0.2) is 0 Å². The minimum Gasteiger partial charge on any atom is -0.494 e. The van der Waals surface area contributed by atoms with E-state index < -0.39 is 0 Å². The number of aryl methyl sites for hydroxylation is 2. The minimum absolute atomic E-state index is 0.734. The van der Waals surface area contributed by atoms with Crippen molar-refractivity contribution in [3.8, 4) is 5.75 Å². The molecule has 0 saturated heterocycles. The Kier molecular flexibility index (Phi) is 2.79. The number of fused-ring (bicyclic) bond motifs is 3. The van der Waals surface area contributed by atoms with E-state index in [9.17, 15) is 0 Å². The summed E-state index contributed by atoms with van der Waals surface area (Å²) in [6.45, 7) is 2.76. The van der Waals surface area contributed by atoms with Crippen molar-refractivity contribution in [3.63, 3.8) is 0 Å². The monoisotopic (exact) mass is 229 g/mol. The predicted molar refractivity (Wildman–Crippen MR) is 70.7 cm³/mol. The SMILES string of the molecule is CCOc1ccc2[nH]c3c(c2c1)CCCCC3. The molecular formula is C15H19NO. The number of H-pyrrole nitrogens is 1. The third-order valence-corrected chi connectivity index (χ3v) is 3.63. The number of nitrogens with one attached hydrogen (secondary N) is 1. The number of benzene rings is 1. The van der Waals surface area contributed by atoms with Gasteiger partial charge in [0.05, 0.1) is 6.61 Å². The van der Waals surface area contributed by atoms with Crippen molar-refractivity contribution in [2.45, 2.75) is 39.0 Å². The summed E-state index contributed by atoms with van der Waals surface area (Å²) in [4.78, 5) is 3.57. The summed E-state index contributed by atoms with van der Waals surface area (Å²) in [7, 11) is 0. The van der Waals surface area contributed by atoms with Crippen LogP contribution in [0.3, 0.4) is 0 Å². The summed E-state index contributed by atoms with van der Waals surface area (Å²) in [5.74, 6) is 0.992. The van der Waals surface area contributed by atoms with Gasteiger partial charge in [-0.3, -0.25) is 0 Å². The number of aromatic nitrogens is 1. The molecule has 1 aliphatic rings. The second kappa shape index (κ2) is 4.44. The van der Waals surface area contributed by atoms with E-state index in [1.54, 1.807) is 0 Å². The van der Waals surface area contributed by atoms with Crippen LogP contribution < -0.4 is 4.74 Å². The van der Waals surface area contributed by atoms with E-state index in [0.717, 1.165) is 12.4 Å². The van der Waals surface area contributed by atoms with Crippen LogP contribution in [0.4, 0.5) is 0 Å². The predicted octanol–water partition coefficient (Wildman–Crippen LogP) is 3.84. The Morgan fingerprint density at radius 3 is 2.94 bits per heavy atom. The average molecular weight is 229 g/mol. The Balaban J connectivity index is 2.10. The third-order valence-electron chi connectivity index (χ3n) is 3.63. The molecule has 1 aromatic carbocycles. The molecule has 2 aromatic rings. The summed E-state index contributed by atoms with van der Waals surface area (Å²) in [6, 6.07) is 6.40. The molecule has 1 heterocycles. The molecule has 0 spiro atoms. The van der Waals surface area contributed by atoms with E-state index >= 15 is 0 Å². The molecule has 0 atom stereocenters. The first-order valence-corrected chi connectivity index (χ1v) is 6.65. The van der Waals surface area contributed by atoms with Crippen molar-refractivity contribution in [3.05, 3.63) is 29.5 Å². The number of hydrogen-bond donors (Lipinski definition) is 1. The Morgan fingerprint density at radius 2 is 2.06 bits per heavy atom. The summed E-state index contributed by atoms with van der Waals surface area (Å²) in [6.07, 6.45) is 6.41. The van der Waals surface area contributed by atoms with Crippen molar-refractivity contribution < 1.29 is 4.74 Å². The zero-order valence-electron chi connectivity index (χ0n) is 10.4. The van der Waals surface area contributed by atoms with Crippen LogP contribution in [0.2, 0.25) is 0 Å². The van der Waals surface area contributed by atoms with Gasteiger partial charge >= 0.3 is 0 Å². The van der Waals surface area contributed by atoms with Gasteiger partial charge in [-0.2, -0.15) is 0 Å². The largest absolute Gasteiger partial charge is 0.494 e. The topological polar surface area (TPSA) is 25.0 Å². The maximum absolute atomic E-state index is 5.59. The molecule has 0 radical (unpaired) electrons. The second-order valence-corrected chi connectivity index (χ2v) is 4.78. The number of ether oxygens (including phenoxy) is 1. The van der Waals surface area contributed by atoms with E-state index in [1.165, 1.54) is 54.3 Å². The van der Waals surface area contributed by atoms with E-state index in [0.29, 0.717) is 0 Å². The molecule has 90 valence electrons. The van der Waals surface area contributed by atoms with Gasteiger partial charge in [-0.25, -0.2) is 0 Å². The molecule has 0 saturated carbocycles. The molecule has 3 rings (SSSR count). The van der Waals surface area contributed by atoms with Gasteiger partial charge in [0, 0.05) is 16.6 Å². The van der Waals surface area contributed by atoms with Crippen LogP contribution in [0, 0.1) is 0 Å². The highest BCUT2D eigenvalue weighted by Crippen LogP contribution is 2.30. The van der Waals surface area contributed by atoms with Gasteiger partial charge in [0.2, 0.25) is 0 Å². The van der Waals surface area contributed by atoms with Crippen LogP contribution in [-0.2, 0) is 12.8 Å². The number of aromatic amines is 1. The van der Waals surface area contributed by atoms with Crippen LogP contribution in [0.5, 0.6) is 5.75 Å². The molecule has 0 amide bonds. The molecule has 0 fully saturated rings.